The number of hydrogen-bond acceptors (Lipinski definition) is 2. The maximum Gasteiger partial charge on any atom is 0.255 e. The highest BCUT2D eigenvalue weighted by Gasteiger charge is 2.23. The number of carbonyl (C=O) groups is 1. The van der Waals surface area contributed by atoms with E-state index >= 15 is 0 Å². The summed E-state index contributed by atoms with van der Waals surface area (Å²) >= 11 is 3.58. The van der Waals surface area contributed by atoms with Crippen molar-refractivity contribution in [1.82, 2.24) is 9.88 Å². The lowest BCUT2D eigenvalue weighted by atomic mass is 10.1. The first-order chi connectivity index (χ1) is 10.5. The fraction of sp³-hybridized carbons (Fsp3) is 0.333. The van der Waals surface area contributed by atoms with Crippen LogP contribution in [0.4, 0.5) is 0 Å². The standard InChI is InChI=1S/C18H21BrN2O/c1-4-11-21(14(3)16-7-5-6-8-17(16)19)18(22)15-10-9-13(2)20-12-15/h5-10,12,14H,4,11H2,1-3H3/t14-/m0/s1. The largest absolute Gasteiger partial charge is 0.332 e. The van der Waals surface area contributed by atoms with E-state index in [9.17, 15) is 4.79 Å². The molecule has 2 aromatic rings. The third-order valence-electron chi connectivity index (χ3n) is 3.71. The summed E-state index contributed by atoms with van der Waals surface area (Å²) in [4.78, 5) is 19.0. The topological polar surface area (TPSA) is 33.2 Å². The molecular formula is C18H21BrN2O. The minimum Gasteiger partial charge on any atom is -0.332 e. The van der Waals surface area contributed by atoms with E-state index in [2.05, 4.69) is 40.8 Å². The van der Waals surface area contributed by atoms with Gasteiger partial charge in [0.1, 0.15) is 0 Å². The third-order valence-corrected chi connectivity index (χ3v) is 4.43. The molecule has 0 spiro atoms. The van der Waals surface area contributed by atoms with Gasteiger partial charge in [0, 0.05) is 22.9 Å². The number of rotatable bonds is 5. The molecule has 0 N–H and O–H groups in total. The van der Waals surface area contributed by atoms with Crippen LogP contribution in [0.1, 0.15) is 47.9 Å². The van der Waals surface area contributed by atoms with Crippen LogP contribution in [0, 0.1) is 6.92 Å². The predicted octanol–water partition coefficient (Wildman–Crippen LogP) is 4.77. The van der Waals surface area contributed by atoms with E-state index in [4.69, 9.17) is 0 Å². The Morgan fingerprint density at radius 1 is 1.27 bits per heavy atom. The van der Waals surface area contributed by atoms with Gasteiger partial charge >= 0.3 is 0 Å². The average Bonchev–Trinajstić information content (AvgIpc) is 2.52. The summed E-state index contributed by atoms with van der Waals surface area (Å²) < 4.78 is 1.03. The number of amides is 1. The predicted molar refractivity (Wildman–Crippen MR) is 92.9 cm³/mol. The first kappa shape index (κ1) is 16.7. The Balaban J connectivity index is 2.31. The number of halogens is 1. The molecule has 0 fully saturated rings. The molecule has 1 amide bonds. The van der Waals surface area contributed by atoms with Gasteiger partial charge in [-0.3, -0.25) is 9.78 Å². The van der Waals surface area contributed by atoms with Crippen LogP contribution in [0.3, 0.4) is 0 Å². The van der Waals surface area contributed by atoms with Gasteiger partial charge in [0.2, 0.25) is 0 Å². The zero-order valence-electron chi connectivity index (χ0n) is 13.2. The van der Waals surface area contributed by atoms with Crippen molar-refractivity contribution >= 4 is 21.8 Å². The molecular weight excluding hydrogens is 340 g/mol. The van der Waals surface area contributed by atoms with Gasteiger partial charge in [-0.2, -0.15) is 0 Å². The molecule has 0 bridgehead atoms. The number of hydrogen-bond donors (Lipinski definition) is 0. The van der Waals surface area contributed by atoms with E-state index in [0.717, 1.165) is 28.7 Å². The van der Waals surface area contributed by atoms with Crippen molar-refractivity contribution in [3.63, 3.8) is 0 Å². The number of carbonyl (C=O) groups excluding carboxylic acids is 1. The van der Waals surface area contributed by atoms with Crippen molar-refractivity contribution < 1.29 is 4.79 Å². The molecule has 0 saturated carbocycles. The third kappa shape index (κ3) is 3.74. The van der Waals surface area contributed by atoms with Gasteiger partial charge in [-0.15, -0.1) is 0 Å². The van der Waals surface area contributed by atoms with Gasteiger partial charge in [0.25, 0.3) is 5.91 Å². The zero-order valence-corrected chi connectivity index (χ0v) is 14.8. The lowest BCUT2D eigenvalue weighted by Gasteiger charge is -2.30. The fourth-order valence-corrected chi connectivity index (χ4v) is 3.07. The number of nitrogens with zero attached hydrogens (tertiary/aromatic N) is 2. The quantitative estimate of drug-likeness (QED) is 0.769. The minimum absolute atomic E-state index is 0.00401. The molecule has 2 rings (SSSR count). The smallest absolute Gasteiger partial charge is 0.255 e. The summed E-state index contributed by atoms with van der Waals surface area (Å²) in [5.74, 6) is 0.0256. The Morgan fingerprint density at radius 2 is 2.00 bits per heavy atom. The summed E-state index contributed by atoms with van der Waals surface area (Å²) in [6.45, 7) is 6.78. The highest BCUT2D eigenvalue weighted by molar-refractivity contribution is 9.10. The molecule has 4 heteroatoms. The zero-order chi connectivity index (χ0) is 16.1. The first-order valence-electron chi connectivity index (χ1n) is 7.52. The summed E-state index contributed by atoms with van der Waals surface area (Å²) in [6, 6.07) is 11.8. The molecule has 116 valence electrons. The maximum atomic E-state index is 12.8. The van der Waals surface area contributed by atoms with Crippen LogP contribution < -0.4 is 0 Å². The highest BCUT2D eigenvalue weighted by atomic mass is 79.9. The van der Waals surface area contributed by atoms with Crippen molar-refractivity contribution in [2.45, 2.75) is 33.2 Å². The second-order valence-corrected chi connectivity index (χ2v) is 6.24. The Hall–Kier alpha value is -1.68. The second-order valence-electron chi connectivity index (χ2n) is 5.38. The lowest BCUT2D eigenvalue weighted by Crippen LogP contribution is -2.34. The normalized spacial score (nSPS) is 12.0. The van der Waals surface area contributed by atoms with Crippen LogP contribution in [0.25, 0.3) is 0 Å². The summed E-state index contributed by atoms with van der Waals surface area (Å²) in [5, 5.41) is 0. The van der Waals surface area contributed by atoms with Crippen LogP contribution in [-0.2, 0) is 0 Å². The molecule has 1 aromatic heterocycles. The molecule has 0 saturated heterocycles. The number of pyridine rings is 1. The first-order valence-corrected chi connectivity index (χ1v) is 8.32. The van der Waals surface area contributed by atoms with Crippen molar-refractivity contribution in [3.05, 3.63) is 63.9 Å². The number of benzene rings is 1. The van der Waals surface area contributed by atoms with Crippen molar-refractivity contribution in [2.24, 2.45) is 0 Å². The molecule has 0 aliphatic rings. The average molecular weight is 361 g/mol. The van der Waals surface area contributed by atoms with E-state index in [1.165, 1.54) is 0 Å². The van der Waals surface area contributed by atoms with Gasteiger partial charge in [0.05, 0.1) is 11.6 Å². The molecule has 22 heavy (non-hydrogen) atoms. The van der Waals surface area contributed by atoms with Gasteiger partial charge in [-0.05, 0) is 44.0 Å². The van der Waals surface area contributed by atoms with E-state index in [1.54, 1.807) is 6.20 Å². The Labute approximate surface area is 140 Å². The monoisotopic (exact) mass is 360 g/mol. The summed E-state index contributed by atoms with van der Waals surface area (Å²) in [7, 11) is 0. The number of aromatic nitrogens is 1. The van der Waals surface area contributed by atoms with Crippen molar-refractivity contribution in [1.29, 1.82) is 0 Å². The van der Waals surface area contributed by atoms with E-state index in [0.29, 0.717) is 5.56 Å². The lowest BCUT2D eigenvalue weighted by molar-refractivity contribution is 0.0689. The van der Waals surface area contributed by atoms with Crippen LogP contribution in [0.5, 0.6) is 0 Å². The molecule has 0 aliphatic carbocycles. The molecule has 0 aliphatic heterocycles. The van der Waals surface area contributed by atoms with Crippen molar-refractivity contribution in [3.8, 4) is 0 Å². The van der Waals surface area contributed by atoms with Crippen LogP contribution in [0.15, 0.2) is 47.1 Å². The van der Waals surface area contributed by atoms with Gasteiger partial charge in [-0.25, -0.2) is 0 Å². The van der Waals surface area contributed by atoms with Crippen LogP contribution in [0.2, 0.25) is 0 Å². The molecule has 0 radical (unpaired) electrons. The van der Waals surface area contributed by atoms with Gasteiger partial charge in [-0.1, -0.05) is 41.1 Å². The summed E-state index contributed by atoms with van der Waals surface area (Å²) in [6.07, 6.45) is 2.58. The van der Waals surface area contributed by atoms with Gasteiger partial charge in [0.15, 0.2) is 0 Å². The Bertz CT molecular complexity index is 640. The Kier molecular flexibility index (Phi) is 5.72. The van der Waals surface area contributed by atoms with Gasteiger partial charge < -0.3 is 4.90 Å². The fourth-order valence-electron chi connectivity index (χ4n) is 2.45. The van der Waals surface area contributed by atoms with Crippen molar-refractivity contribution in [2.75, 3.05) is 6.54 Å². The van der Waals surface area contributed by atoms with Crippen LogP contribution >= 0.6 is 15.9 Å². The minimum atomic E-state index is 0.00401. The van der Waals surface area contributed by atoms with E-state index < -0.39 is 0 Å². The maximum absolute atomic E-state index is 12.8. The number of aryl methyl sites for hydroxylation is 1. The molecule has 3 nitrogen and oxygen atoms in total. The Morgan fingerprint density at radius 3 is 2.59 bits per heavy atom. The van der Waals surface area contributed by atoms with E-state index in [1.807, 2.05) is 42.2 Å². The van der Waals surface area contributed by atoms with E-state index in [-0.39, 0.29) is 11.9 Å². The summed E-state index contributed by atoms with van der Waals surface area (Å²) in [5.41, 5.74) is 2.67. The molecule has 0 unspecified atom stereocenters. The molecule has 1 aromatic carbocycles. The van der Waals surface area contributed by atoms with Crippen LogP contribution in [-0.4, -0.2) is 22.3 Å². The second kappa shape index (κ2) is 7.54. The molecule has 1 atom stereocenters. The highest BCUT2D eigenvalue weighted by Crippen LogP contribution is 2.28. The SMILES string of the molecule is CCCN(C(=O)c1ccc(C)nc1)[C@@H](C)c1ccccc1Br. The molecule has 1 heterocycles.